The molecule has 2 heterocycles. The molecular weight excluding hydrogens is 260 g/mol. The van der Waals surface area contributed by atoms with Gasteiger partial charge in [-0.15, -0.1) is 0 Å². The molecule has 98 valence electrons. The van der Waals surface area contributed by atoms with Gasteiger partial charge in [-0.3, -0.25) is 0 Å². The Hall–Kier alpha value is -1.88. The number of aromatic nitrogens is 1. The second-order valence-corrected chi connectivity index (χ2v) is 5.57. The van der Waals surface area contributed by atoms with Crippen molar-refractivity contribution >= 4 is 22.4 Å². The quantitative estimate of drug-likeness (QED) is 0.935. The number of hydrogen-bond donors (Lipinski definition) is 1. The average Bonchev–Trinajstić information content (AvgIpc) is 3.08. The van der Waals surface area contributed by atoms with Crippen molar-refractivity contribution in [3.63, 3.8) is 0 Å². The maximum absolute atomic E-state index is 11.2. The minimum absolute atomic E-state index is 0.422. The Kier molecular flexibility index (Phi) is 3.21. The zero-order valence-corrected chi connectivity index (χ0v) is 11.1. The van der Waals surface area contributed by atoms with Crippen molar-refractivity contribution in [2.45, 2.75) is 18.9 Å². The van der Waals surface area contributed by atoms with Crippen LogP contribution in [0.15, 0.2) is 36.5 Å². The van der Waals surface area contributed by atoms with Gasteiger partial charge in [-0.05, 0) is 18.4 Å². The number of anilines is 1. The molecule has 0 amide bonds. The van der Waals surface area contributed by atoms with Gasteiger partial charge in [-0.1, -0.05) is 41.7 Å². The number of benzene rings is 1. The predicted molar refractivity (Wildman–Crippen MR) is 75.6 cm³/mol. The summed E-state index contributed by atoms with van der Waals surface area (Å²) in [6.07, 6.45) is 3.44. The van der Waals surface area contributed by atoms with Crippen LogP contribution in [0.25, 0.3) is 10.4 Å². The third-order valence-corrected chi connectivity index (χ3v) is 4.42. The highest BCUT2D eigenvalue weighted by molar-refractivity contribution is 7.18. The molecule has 0 radical (unpaired) electrons. The third-order valence-electron chi connectivity index (χ3n) is 3.34. The van der Waals surface area contributed by atoms with Crippen molar-refractivity contribution in [1.29, 1.82) is 0 Å². The van der Waals surface area contributed by atoms with Gasteiger partial charge in [0, 0.05) is 12.7 Å². The standard InChI is InChI=1S/C14H14N2O2S/c17-13(18)11-7-4-8-16(11)14-15-9-12(19-14)10-5-2-1-3-6-10/h1-3,5-6,9,11H,4,7-8H2,(H,17,18)/t11-/m0/s1. The molecule has 0 unspecified atom stereocenters. The number of carbonyl (C=O) groups is 1. The van der Waals surface area contributed by atoms with Crippen LogP contribution in [0.3, 0.4) is 0 Å². The normalized spacial score (nSPS) is 18.7. The highest BCUT2D eigenvalue weighted by Gasteiger charge is 2.32. The summed E-state index contributed by atoms with van der Waals surface area (Å²) in [7, 11) is 0. The Morgan fingerprint density at radius 3 is 2.89 bits per heavy atom. The van der Waals surface area contributed by atoms with Gasteiger partial charge in [-0.25, -0.2) is 9.78 Å². The van der Waals surface area contributed by atoms with Crippen molar-refractivity contribution in [2.24, 2.45) is 0 Å². The molecule has 1 aliphatic heterocycles. The molecule has 1 aliphatic rings. The Labute approximate surface area is 115 Å². The van der Waals surface area contributed by atoms with E-state index in [0.29, 0.717) is 6.42 Å². The van der Waals surface area contributed by atoms with Gasteiger partial charge in [0.05, 0.1) is 4.88 Å². The van der Waals surface area contributed by atoms with E-state index in [1.807, 2.05) is 41.4 Å². The van der Waals surface area contributed by atoms with Crippen LogP contribution >= 0.6 is 11.3 Å². The molecule has 0 spiro atoms. The van der Waals surface area contributed by atoms with E-state index < -0.39 is 12.0 Å². The van der Waals surface area contributed by atoms with E-state index in [2.05, 4.69) is 4.98 Å². The molecule has 5 heteroatoms. The van der Waals surface area contributed by atoms with Crippen LogP contribution in [0.5, 0.6) is 0 Å². The van der Waals surface area contributed by atoms with Crippen LogP contribution in [-0.4, -0.2) is 28.6 Å². The first-order valence-corrected chi connectivity index (χ1v) is 7.08. The molecule has 3 rings (SSSR count). The van der Waals surface area contributed by atoms with Crippen molar-refractivity contribution in [3.8, 4) is 10.4 Å². The number of rotatable bonds is 3. The molecule has 1 aromatic carbocycles. The Morgan fingerprint density at radius 2 is 2.16 bits per heavy atom. The van der Waals surface area contributed by atoms with E-state index in [0.717, 1.165) is 28.5 Å². The SMILES string of the molecule is O=C(O)[C@@H]1CCCN1c1ncc(-c2ccccc2)s1. The summed E-state index contributed by atoms with van der Waals surface area (Å²) in [5.41, 5.74) is 1.12. The molecule has 1 aromatic heterocycles. The first kappa shape index (κ1) is 12.2. The monoisotopic (exact) mass is 274 g/mol. The maximum Gasteiger partial charge on any atom is 0.326 e. The molecule has 19 heavy (non-hydrogen) atoms. The number of hydrogen-bond acceptors (Lipinski definition) is 4. The van der Waals surface area contributed by atoms with Crippen LogP contribution in [0.1, 0.15) is 12.8 Å². The summed E-state index contributed by atoms with van der Waals surface area (Å²) >= 11 is 1.56. The van der Waals surface area contributed by atoms with Crippen LogP contribution in [0, 0.1) is 0 Å². The lowest BCUT2D eigenvalue weighted by Crippen LogP contribution is -2.35. The molecule has 0 bridgehead atoms. The van der Waals surface area contributed by atoms with Crippen molar-refractivity contribution < 1.29 is 9.90 Å². The van der Waals surface area contributed by atoms with Crippen LogP contribution in [0.4, 0.5) is 5.13 Å². The minimum atomic E-state index is -0.756. The van der Waals surface area contributed by atoms with Gasteiger partial charge < -0.3 is 10.0 Å². The van der Waals surface area contributed by atoms with Gasteiger partial charge in [0.1, 0.15) is 6.04 Å². The first-order valence-electron chi connectivity index (χ1n) is 6.26. The Balaban J connectivity index is 1.87. The minimum Gasteiger partial charge on any atom is -0.480 e. The largest absolute Gasteiger partial charge is 0.480 e. The zero-order valence-electron chi connectivity index (χ0n) is 10.3. The van der Waals surface area contributed by atoms with Gasteiger partial charge in [-0.2, -0.15) is 0 Å². The molecule has 1 N–H and O–H groups in total. The predicted octanol–water partition coefficient (Wildman–Crippen LogP) is 2.86. The molecule has 4 nitrogen and oxygen atoms in total. The lowest BCUT2D eigenvalue weighted by atomic mass is 10.2. The third kappa shape index (κ3) is 2.33. The lowest BCUT2D eigenvalue weighted by molar-refractivity contribution is -0.138. The number of carboxylic acid groups (broad SMARTS) is 1. The van der Waals surface area contributed by atoms with Crippen LogP contribution < -0.4 is 4.90 Å². The van der Waals surface area contributed by atoms with Gasteiger partial charge in [0.2, 0.25) is 0 Å². The maximum atomic E-state index is 11.2. The van der Waals surface area contributed by atoms with E-state index in [4.69, 9.17) is 0 Å². The molecule has 0 aliphatic carbocycles. The summed E-state index contributed by atoms with van der Waals surface area (Å²) in [6.45, 7) is 0.776. The van der Waals surface area contributed by atoms with E-state index in [-0.39, 0.29) is 0 Å². The molecular formula is C14H14N2O2S. The van der Waals surface area contributed by atoms with Gasteiger partial charge in [0.15, 0.2) is 5.13 Å². The van der Waals surface area contributed by atoms with E-state index >= 15 is 0 Å². The fraction of sp³-hybridized carbons (Fsp3) is 0.286. The summed E-state index contributed by atoms with van der Waals surface area (Å²) in [5, 5.41) is 10.0. The molecule has 1 atom stereocenters. The highest BCUT2D eigenvalue weighted by atomic mass is 32.1. The van der Waals surface area contributed by atoms with Crippen molar-refractivity contribution in [1.82, 2.24) is 4.98 Å². The molecule has 1 saturated heterocycles. The number of carboxylic acids is 1. The van der Waals surface area contributed by atoms with E-state index in [9.17, 15) is 9.90 Å². The summed E-state index contributed by atoms with van der Waals surface area (Å²) in [4.78, 5) is 18.6. The van der Waals surface area contributed by atoms with Crippen molar-refractivity contribution in [3.05, 3.63) is 36.5 Å². The van der Waals surface area contributed by atoms with Crippen LogP contribution in [0.2, 0.25) is 0 Å². The topological polar surface area (TPSA) is 53.4 Å². The Morgan fingerprint density at radius 1 is 1.37 bits per heavy atom. The van der Waals surface area contributed by atoms with Gasteiger partial charge >= 0.3 is 5.97 Å². The molecule has 2 aromatic rings. The highest BCUT2D eigenvalue weighted by Crippen LogP contribution is 2.34. The fourth-order valence-corrected chi connectivity index (χ4v) is 3.38. The van der Waals surface area contributed by atoms with E-state index in [1.54, 1.807) is 11.3 Å². The summed E-state index contributed by atoms with van der Waals surface area (Å²) < 4.78 is 0. The van der Waals surface area contributed by atoms with Gasteiger partial charge in [0.25, 0.3) is 0 Å². The summed E-state index contributed by atoms with van der Waals surface area (Å²) in [6, 6.07) is 9.61. The number of nitrogens with zero attached hydrogens (tertiary/aromatic N) is 2. The lowest BCUT2D eigenvalue weighted by Gasteiger charge is -2.19. The molecule has 1 fully saturated rings. The van der Waals surface area contributed by atoms with E-state index in [1.165, 1.54) is 0 Å². The average molecular weight is 274 g/mol. The summed E-state index contributed by atoms with van der Waals surface area (Å²) in [5.74, 6) is -0.756. The van der Waals surface area contributed by atoms with Crippen molar-refractivity contribution in [2.75, 3.05) is 11.4 Å². The smallest absolute Gasteiger partial charge is 0.326 e. The molecule has 0 saturated carbocycles. The fourth-order valence-electron chi connectivity index (χ4n) is 2.39. The first-order chi connectivity index (χ1) is 9.25. The second kappa shape index (κ2) is 5.01. The van der Waals surface area contributed by atoms with Crippen LogP contribution in [-0.2, 0) is 4.79 Å². The second-order valence-electron chi connectivity index (χ2n) is 4.56. The zero-order chi connectivity index (χ0) is 13.2. The number of aliphatic carboxylic acids is 1. The Bertz CT molecular complexity index is 582. The number of thiazole rings is 1.